The molecule has 0 fully saturated rings. The molecular formula is C19H26F2N6O. The Labute approximate surface area is 163 Å². The van der Waals surface area contributed by atoms with Crippen LogP contribution in [0.4, 0.5) is 26.4 Å². The Hall–Kier alpha value is -2.81. The highest BCUT2D eigenvalue weighted by molar-refractivity contribution is 5.75. The molecule has 0 bridgehead atoms. The number of aromatic amines is 1. The van der Waals surface area contributed by atoms with Crippen molar-refractivity contribution in [3.63, 3.8) is 0 Å². The molecule has 152 valence electrons. The van der Waals surface area contributed by atoms with Crippen molar-refractivity contribution in [2.75, 3.05) is 23.8 Å². The maximum atomic E-state index is 13.6. The second kappa shape index (κ2) is 10.5. The molecular weight excluding hydrogens is 366 g/mol. The molecule has 2 heterocycles. The molecule has 9 heteroatoms. The van der Waals surface area contributed by atoms with Gasteiger partial charge in [0.05, 0.1) is 6.20 Å². The van der Waals surface area contributed by atoms with Crippen molar-refractivity contribution < 1.29 is 13.5 Å². The van der Waals surface area contributed by atoms with Crippen LogP contribution in [0.25, 0.3) is 11.2 Å². The smallest absolute Gasteiger partial charge is 0.225 e. The van der Waals surface area contributed by atoms with E-state index in [1.54, 1.807) is 6.20 Å². The Morgan fingerprint density at radius 3 is 2.43 bits per heavy atom. The van der Waals surface area contributed by atoms with E-state index in [-0.39, 0.29) is 17.7 Å². The van der Waals surface area contributed by atoms with Crippen LogP contribution < -0.4 is 10.6 Å². The van der Waals surface area contributed by atoms with E-state index in [2.05, 4.69) is 37.5 Å². The number of nitrogens with zero attached hydrogens (tertiary/aromatic N) is 3. The van der Waals surface area contributed by atoms with Crippen molar-refractivity contribution in [2.24, 2.45) is 0 Å². The fraction of sp³-hybridized carbons (Fsp3) is 0.421. The quantitative estimate of drug-likeness (QED) is 0.508. The molecule has 0 aliphatic heterocycles. The number of ether oxygens (including phenoxy) is 1. The maximum Gasteiger partial charge on any atom is 0.225 e. The third kappa shape index (κ3) is 6.12. The van der Waals surface area contributed by atoms with Gasteiger partial charge in [-0.3, -0.25) is 0 Å². The number of imidazole rings is 1. The summed E-state index contributed by atoms with van der Waals surface area (Å²) in [5, 5.41) is 5.64. The SMILES string of the molecule is CC(C)Nc1ncc2[nH]c(Nc3c(F)cccc3F)nc2n1.CCCOCC. The third-order valence-corrected chi connectivity index (χ3v) is 3.42. The van der Waals surface area contributed by atoms with E-state index in [0.29, 0.717) is 17.1 Å². The number of rotatable bonds is 7. The Balaban J connectivity index is 0.000000409. The van der Waals surface area contributed by atoms with Crippen LogP contribution >= 0.6 is 0 Å². The van der Waals surface area contributed by atoms with Gasteiger partial charge in [-0.1, -0.05) is 13.0 Å². The minimum Gasteiger partial charge on any atom is -0.382 e. The molecule has 7 nitrogen and oxygen atoms in total. The van der Waals surface area contributed by atoms with Crippen molar-refractivity contribution in [3.05, 3.63) is 36.0 Å². The molecule has 1 aromatic carbocycles. The summed E-state index contributed by atoms with van der Waals surface area (Å²) in [6.45, 7) is 9.81. The van der Waals surface area contributed by atoms with Gasteiger partial charge >= 0.3 is 0 Å². The van der Waals surface area contributed by atoms with Gasteiger partial charge in [-0.25, -0.2) is 13.8 Å². The van der Waals surface area contributed by atoms with Crippen LogP contribution in [0.1, 0.15) is 34.1 Å². The molecule has 2 aromatic heterocycles. The summed E-state index contributed by atoms with van der Waals surface area (Å²) >= 11 is 0. The molecule has 3 rings (SSSR count). The predicted octanol–water partition coefficient (Wildman–Crippen LogP) is 4.63. The Morgan fingerprint density at radius 1 is 1.14 bits per heavy atom. The van der Waals surface area contributed by atoms with Gasteiger partial charge in [-0.2, -0.15) is 9.97 Å². The lowest BCUT2D eigenvalue weighted by Gasteiger charge is -2.06. The normalized spacial score (nSPS) is 10.7. The van der Waals surface area contributed by atoms with Crippen LogP contribution in [0.2, 0.25) is 0 Å². The van der Waals surface area contributed by atoms with Crippen molar-refractivity contribution in [3.8, 4) is 0 Å². The molecule has 0 atom stereocenters. The van der Waals surface area contributed by atoms with E-state index >= 15 is 0 Å². The summed E-state index contributed by atoms with van der Waals surface area (Å²) in [5.74, 6) is -0.768. The number of H-pyrrole nitrogens is 1. The second-order valence-corrected chi connectivity index (χ2v) is 6.23. The van der Waals surface area contributed by atoms with Crippen LogP contribution in [0, 0.1) is 11.6 Å². The van der Waals surface area contributed by atoms with Crippen LogP contribution in [0.15, 0.2) is 24.4 Å². The lowest BCUT2D eigenvalue weighted by Crippen LogP contribution is -2.12. The molecule has 0 amide bonds. The van der Waals surface area contributed by atoms with E-state index in [0.717, 1.165) is 19.6 Å². The molecule has 0 aliphatic rings. The first-order valence-corrected chi connectivity index (χ1v) is 9.22. The zero-order chi connectivity index (χ0) is 20.5. The van der Waals surface area contributed by atoms with E-state index < -0.39 is 11.6 Å². The lowest BCUT2D eigenvalue weighted by atomic mass is 10.3. The van der Waals surface area contributed by atoms with E-state index in [4.69, 9.17) is 4.74 Å². The fourth-order valence-electron chi connectivity index (χ4n) is 2.22. The number of aromatic nitrogens is 4. The number of anilines is 3. The van der Waals surface area contributed by atoms with Crippen LogP contribution in [-0.2, 0) is 4.74 Å². The summed E-state index contributed by atoms with van der Waals surface area (Å²) in [5.41, 5.74) is 0.695. The molecule has 0 spiro atoms. The van der Waals surface area contributed by atoms with Gasteiger partial charge in [-0.05, 0) is 39.3 Å². The average molecular weight is 392 g/mol. The van der Waals surface area contributed by atoms with Gasteiger partial charge in [0.2, 0.25) is 11.9 Å². The second-order valence-electron chi connectivity index (χ2n) is 6.23. The van der Waals surface area contributed by atoms with Crippen LogP contribution in [-0.4, -0.2) is 39.2 Å². The molecule has 0 saturated heterocycles. The Bertz CT molecular complexity index is 860. The summed E-state index contributed by atoms with van der Waals surface area (Å²) in [4.78, 5) is 15.4. The number of nitrogens with one attached hydrogen (secondary N) is 3. The predicted molar refractivity (Wildman–Crippen MR) is 107 cm³/mol. The third-order valence-electron chi connectivity index (χ3n) is 3.42. The molecule has 0 radical (unpaired) electrons. The summed E-state index contributed by atoms with van der Waals surface area (Å²) in [6, 6.07) is 3.81. The first-order chi connectivity index (χ1) is 13.4. The topological polar surface area (TPSA) is 87.8 Å². The van der Waals surface area contributed by atoms with Crippen molar-refractivity contribution in [2.45, 2.75) is 40.2 Å². The molecule has 3 N–H and O–H groups in total. The monoisotopic (exact) mass is 392 g/mol. The average Bonchev–Trinajstić information content (AvgIpc) is 3.05. The van der Waals surface area contributed by atoms with Crippen LogP contribution in [0.5, 0.6) is 0 Å². The first-order valence-electron chi connectivity index (χ1n) is 9.22. The van der Waals surface area contributed by atoms with E-state index in [1.165, 1.54) is 18.2 Å². The number of hydrogen-bond donors (Lipinski definition) is 3. The summed E-state index contributed by atoms with van der Waals surface area (Å²) < 4.78 is 32.2. The highest BCUT2D eigenvalue weighted by Gasteiger charge is 2.12. The molecule has 0 aliphatic carbocycles. The van der Waals surface area contributed by atoms with Gasteiger partial charge in [0.1, 0.15) is 22.8 Å². The fourth-order valence-corrected chi connectivity index (χ4v) is 2.22. The number of fused-ring (bicyclic) bond motifs is 1. The highest BCUT2D eigenvalue weighted by atomic mass is 19.1. The van der Waals surface area contributed by atoms with Crippen LogP contribution in [0.3, 0.4) is 0 Å². The van der Waals surface area contributed by atoms with Crippen molar-refractivity contribution in [1.82, 2.24) is 19.9 Å². The van der Waals surface area contributed by atoms with Gasteiger partial charge in [0, 0.05) is 19.3 Å². The number of halogens is 2. The lowest BCUT2D eigenvalue weighted by molar-refractivity contribution is 0.148. The summed E-state index contributed by atoms with van der Waals surface area (Å²) in [6.07, 6.45) is 2.69. The zero-order valence-corrected chi connectivity index (χ0v) is 16.5. The maximum absolute atomic E-state index is 13.6. The number of hydrogen-bond acceptors (Lipinski definition) is 6. The molecule has 0 unspecified atom stereocenters. The van der Waals surface area contributed by atoms with Gasteiger partial charge in [0.15, 0.2) is 5.65 Å². The Kier molecular flexibility index (Phi) is 8.06. The zero-order valence-electron chi connectivity index (χ0n) is 16.5. The largest absolute Gasteiger partial charge is 0.382 e. The Morgan fingerprint density at radius 2 is 1.86 bits per heavy atom. The molecule has 0 saturated carbocycles. The highest BCUT2D eigenvalue weighted by Crippen LogP contribution is 2.23. The first kappa shape index (κ1) is 21.5. The van der Waals surface area contributed by atoms with Gasteiger partial charge in [-0.15, -0.1) is 0 Å². The minimum absolute atomic E-state index is 0.182. The number of para-hydroxylation sites is 1. The molecule has 28 heavy (non-hydrogen) atoms. The molecule has 3 aromatic rings. The van der Waals surface area contributed by atoms with Gasteiger partial charge < -0.3 is 20.4 Å². The minimum atomic E-state index is -0.700. The van der Waals surface area contributed by atoms with E-state index in [1.807, 2.05) is 20.8 Å². The van der Waals surface area contributed by atoms with Crippen molar-refractivity contribution in [1.29, 1.82) is 0 Å². The number of benzene rings is 1. The summed E-state index contributed by atoms with van der Waals surface area (Å²) in [7, 11) is 0. The van der Waals surface area contributed by atoms with Gasteiger partial charge in [0.25, 0.3) is 0 Å². The van der Waals surface area contributed by atoms with Crippen molar-refractivity contribution >= 4 is 28.7 Å². The standard InChI is InChI=1S/C14H14F2N6.C5H12O/c1-7(2)18-13-17-6-10-12(21-13)22-14(19-10)20-11-8(15)4-3-5-9(11)16;1-3-5-6-4-2/h3-7H,1-2H3,(H3,17,18,19,20,21,22);3-5H2,1-2H3. The van der Waals surface area contributed by atoms with E-state index in [9.17, 15) is 8.78 Å².